The number of hydrogen-bond donors (Lipinski definition) is 6. The Morgan fingerprint density at radius 2 is 1.71 bits per heavy atom. The van der Waals surface area contributed by atoms with Gasteiger partial charge in [0, 0.05) is 5.92 Å². The monoisotopic (exact) mass is 494 g/mol. The minimum absolute atomic E-state index is 0.0420. The molecule has 2 aliphatic heterocycles. The van der Waals surface area contributed by atoms with Crippen LogP contribution in [0, 0.1) is 11.8 Å². The summed E-state index contributed by atoms with van der Waals surface area (Å²) in [5, 5.41) is 60.0. The predicted molar refractivity (Wildman–Crippen MR) is 113 cm³/mol. The first-order valence-electron chi connectivity index (χ1n) is 10.8. The molecule has 0 radical (unpaired) electrons. The van der Waals surface area contributed by atoms with Crippen molar-refractivity contribution in [3.63, 3.8) is 0 Å². The first-order valence-corrected chi connectivity index (χ1v) is 10.8. The highest BCUT2D eigenvalue weighted by Crippen LogP contribution is 2.46. The number of aliphatic hydroxyl groups excluding tert-OH is 4. The molecule has 12 heteroatoms. The Bertz CT molecular complexity index is 1000. The highest BCUT2D eigenvalue weighted by Gasteiger charge is 2.52. The largest absolute Gasteiger partial charge is 0.508 e. The Hall–Kier alpha value is -3.00. The topological polar surface area (TPSA) is 192 Å². The second kappa shape index (κ2) is 9.93. The number of aliphatic hydroxyl groups is 4. The van der Waals surface area contributed by atoms with Crippen molar-refractivity contribution in [1.29, 1.82) is 0 Å². The van der Waals surface area contributed by atoms with E-state index in [1.54, 1.807) is 0 Å². The zero-order valence-electron chi connectivity index (χ0n) is 18.3. The number of fused-ring (bicyclic) bond motifs is 1. The van der Waals surface area contributed by atoms with Crippen LogP contribution in [0.1, 0.15) is 16.8 Å². The maximum absolute atomic E-state index is 12.2. The molecule has 35 heavy (non-hydrogen) atoms. The summed E-state index contributed by atoms with van der Waals surface area (Å²) >= 11 is 0. The van der Waals surface area contributed by atoms with Crippen LogP contribution in [0.4, 0.5) is 0 Å². The number of phenolic OH excluding ortho intramolecular Hbond substituents is 1. The lowest BCUT2D eigenvalue weighted by Gasteiger charge is -2.42. The SMILES string of the molecule is C=C1[C@@H]2[C@H](O[C@@H]3O[C@H](COC(=O)c4ccc(O)cc4)[C@@H](O)[C@H](O)[C@H]3O)OC=C(C(=O)O)[C@H]2C[C@H]1O. The van der Waals surface area contributed by atoms with Crippen LogP contribution >= 0.6 is 0 Å². The maximum Gasteiger partial charge on any atom is 0.338 e. The summed E-state index contributed by atoms with van der Waals surface area (Å²) < 4.78 is 21.8. The first kappa shape index (κ1) is 25.1. The van der Waals surface area contributed by atoms with Crippen molar-refractivity contribution in [3.8, 4) is 5.75 Å². The van der Waals surface area contributed by atoms with E-state index in [0.29, 0.717) is 0 Å². The van der Waals surface area contributed by atoms with E-state index in [1.165, 1.54) is 24.3 Å². The minimum Gasteiger partial charge on any atom is -0.508 e. The zero-order valence-corrected chi connectivity index (χ0v) is 18.3. The number of esters is 1. The lowest BCUT2D eigenvalue weighted by molar-refractivity contribution is -0.339. The van der Waals surface area contributed by atoms with E-state index in [2.05, 4.69) is 6.58 Å². The third-order valence-electron chi connectivity index (χ3n) is 6.45. The molecule has 1 aromatic rings. The fraction of sp³-hybridized carbons (Fsp3) is 0.478. The summed E-state index contributed by atoms with van der Waals surface area (Å²) in [7, 11) is 0. The molecular weight excluding hydrogens is 468 g/mol. The molecule has 3 aliphatic rings. The number of ether oxygens (including phenoxy) is 4. The highest BCUT2D eigenvalue weighted by molar-refractivity contribution is 5.89. The average Bonchev–Trinajstić information content (AvgIpc) is 3.13. The fourth-order valence-corrected chi connectivity index (χ4v) is 4.48. The average molecular weight is 494 g/mol. The van der Waals surface area contributed by atoms with Gasteiger partial charge >= 0.3 is 11.9 Å². The smallest absolute Gasteiger partial charge is 0.338 e. The van der Waals surface area contributed by atoms with Gasteiger partial charge in [0.2, 0.25) is 6.29 Å². The lowest BCUT2D eigenvalue weighted by atomic mass is 9.85. The Morgan fingerprint density at radius 3 is 2.37 bits per heavy atom. The normalized spacial score (nSPS) is 36.6. The predicted octanol–water partition coefficient (Wildman–Crippen LogP) is -0.749. The molecule has 2 heterocycles. The van der Waals surface area contributed by atoms with E-state index < -0.39 is 73.5 Å². The van der Waals surface area contributed by atoms with Gasteiger partial charge in [-0.15, -0.1) is 0 Å². The van der Waals surface area contributed by atoms with Gasteiger partial charge in [-0.05, 0) is 36.3 Å². The molecule has 9 atom stereocenters. The van der Waals surface area contributed by atoms with Crippen molar-refractivity contribution in [2.24, 2.45) is 11.8 Å². The van der Waals surface area contributed by atoms with Crippen molar-refractivity contribution in [2.75, 3.05) is 6.61 Å². The van der Waals surface area contributed by atoms with Crippen LogP contribution in [0.15, 0.2) is 48.3 Å². The van der Waals surface area contributed by atoms with Gasteiger partial charge < -0.3 is 49.6 Å². The third kappa shape index (κ3) is 4.89. The molecule has 6 N–H and O–H groups in total. The second-order valence-corrected chi connectivity index (χ2v) is 8.64. The van der Waals surface area contributed by atoms with Crippen molar-refractivity contribution >= 4 is 11.9 Å². The summed E-state index contributed by atoms with van der Waals surface area (Å²) in [6.07, 6.45) is -9.03. The number of carboxylic acids is 1. The molecule has 0 spiro atoms. The van der Waals surface area contributed by atoms with Crippen LogP contribution < -0.4 is 0 Å². The van der Waals surface area contributed by atoms with Gasteiger partial charge in [0.05, 0.1) is 29.4 Å². The lowest BCUT2D eigenvalue weighted by Crippen LogP contribution is -2.60. The summed E-state index contributed by atoms with van der Waals surface area (Å²) in [5.41, 5.74) is 0.353. The van der Waals surface area contributed by atoms with Gasteiger partial charge in [-0.3, -0.25) is 0 Å². The Kier molecular flexibility index (Phi) is 7.12. The molecule has 0 unspecified atom stereocenters. The third-order valence-corrected chi connectivity index (χ3v) is 6.45. The van der Waals surface area contributed by atoms with E-state index in [1.807, 2.05) is 0 Å². The number of aliphatic carboxylic acids is 1. The van der Waals surface area contributed by atoms with Gasteiger partial charge in [-0.1, -0.05) is 6.58 Å². The number of aromatic hydroxyl groups is 1. The number of phenols is 1. The van der Waals surface area contributed by atoms with Crippen molar-refractivity contribution in [1.82, 2.24) is 0 Å². The molecular formula is C23H26O12. The maximum atomic E-state index is 12.2. The standard InChI is InChI=1S/C23H26O12/c1-9-14(25)6-12-13(20(29)30)7-33-22(16(9)12)35-23-19(28)18(27)17(26)15(34-23)8-32-21(31)10-2-4-11(24)5-3-10/h2-5,7,12,14-19,22-28H,1,6,8H2,(H,29,30)/t12-,14-,15-,16+,17-,18+,19-,22+,23+/m1/s1. The molecule has 0 bridgehead atoms. The number of rotatable bonds is 6. The molecule has 1 saturated carbocycles. The van der Waals surface area contributed by atoms with Crippen LogP contribution in [0.5, 0.6) is 5.75 Å². The number of carboxylic acid groups (broad SMARTS) is 1. The van der Waals surface area contributed by atoms with E-state index in [4.69, 9.17) is 18.9 Å². The molecule has 12 nitrogen and oxygen atoms in total. The zero-order chi connectivity index (χ0) is 25.4. The summed E-state index contributed by atoms with van der Waals surface area (Å²) in [5.74, 6) is -3.47. The number of benzene rings is 1. The summed E-state index contributed by atoms with van der Waals surface area (Å²) in [6, 6.07) is 5.25. The van der Waals surface area contributed by atoms with E-state index in [0.717, 1.165) is 6.26 Å². The van der Waals surface area contributed by atoms with Crippen LogP contribution in [-0.2, 0) is 23.7 Å². The molecule has 0 aromatic heterocycles. The van der Waals surface area contributed by atoms with Crippen molar-refractivity contribution in [3.05, 3.63) is 53.8 Å². The van der Waals surface area contributed by atoms with Gasteiger partial charge in [0.25, 0.3) is 0 Å². The number of carbonyl (C=O) groups excluding carboxylic acids is 1. The second-order valence-electron chi connectivity index (χ2n) is 8.64. The van der Waals surface area contributed by atoms with Gasteiger partial charge in [0.1, 0.15) is 36.8 Å². The fourth-order valence-electron chi connectivity index (χ4n) is 4.48. The quantitative estimate of drug-likeness (QED) is 0.214. The van der Waals surface area contributed by atoms with E-state index in [-0.39, 0.29) is 28.9 Å². The minimum atomic E-state index is -1.73. The first-order chi connectivity index (χ1) is 16.6. The molecule has 2 fully saturated rings. The molecule has 1 aliphatic carbocycles. The van der Waals surface area contributed by atoms with E-state index >= 15 is 0 Å². The van der Waals surface area contributed by atoms with Gasteiger partial charge in [-0.2, -0.15) is 0 Å². The van der Waals surface area contributed by atoms with Crippen LogP contribution in [0.3, 0.4) is 0 Å². The summed E-state index contributed by atoms with van der Waals surface area (Å²) in [6.45, 7) is 3.30. The highest BCUT2D eigenvalue weighted by atomic mass is 16.8. The van der Waals surface area contributed by atoms with Crippen LogP contribution in [0.2, 0.25) is 0 Å². The van der Waals surface area contributed by atoms with Gasteiger partial charge in [0.15, 0.2) is 6.29 Å². The molecule has 190 valence electrons. The van der Waals surface area contributed by atoms with Crippen LogP contribution in [0.25, 0.3) is 0 Å². The molecule has 4 rings (SSSR count). The Morgan fingerprint density at radius 1 is 1.03 bits per heavy atom. The Balaban J connectivity index is 1.45. The van der Waals surface area contributed by atoms with Crippen molar-refractivity contribution in [2.45, 2.75) is 49.5 Å². The Labute approximate surface area is 199 Å². The molecule has 1 saturated heterocycles. The van der Waals surface area contributed by atoms with E-state index in [9.17, 15) is 40.2 Å². The number of hydrogen-bond acceptors (Lipinski definition) is 11. The molecule has 0 amide bonds. The number of carbonyl (C=O) groups is 2. The molecule has 1 aromatic carbocycles. The van der Waals surface area contributed by atoms with Gasteiger partial charge in [-0.25, -0.2) is 9.59 Å². The summed E-state index contributed by atoms with van der Waals surface area (Å²) in [4.78, 5) is 23.8. The van der Waals surface area contributed by atoms with Crippen LogP contribution in [-0.4, -0.2) is 92.3 Å². The van der Waals surface area contributed by atoms with Crippen molar-refractivity contribution < 1.29 is 59.2 Å².